The van der Waals surface area contributed by atoms with Gasteiger partial charge in [0.2, 0.25) is 11.8 Å². The Bertz CT molecular complexity index is 1670. The Morgan fingerprint density at radius 2 is 1.59 bits per heavy atom. The van der Waals surface area contributed by atoms with Crippen LogP contribution in [0.2, 0.25) is 10.0 Å². The number of benzene rings is 2. The summed E-state index contributed by atoms with van der Waals surface area (Å²) in [7, 11) is 2.12. The summed E-state index contributed by atoms with van der Waals surface area (Å²) in [5.41, 5.74) is 3.45. The van der Waals surface area contributed by atoms with Crippen molar-refractivity contribution in [3.05, 3.63) is 80.3 Å². The fourth-order valence-electron chi connectivity index (χ4n) is 6.89. The van der Waals surface area contributed by atoms with Crippen LogP contribution < -0.4 is 10.6 Å². The Kier molecular flexibility index (Phi) is 12.0. The highest BCUT2D eigenvalue weighted by Gasteiger charge is 2.44. The summed E-state index contributed by atoms with van der Waals surface area (Å²) in [5.74, 6) is -2.28. The molecule has 0 aromatic heterocycles. The number of piperazine rings is 1. The van der Waals surface area contributed by atoms with Crippen LogP contribution >= 0.6 is 23.2 Å². The first-order valence-corrected chi connectivity index (χ1v) is 18.4. The molecule has 4 fully saturated rings. The minimum absolute atomic E-state index is 0.0567. The van der Waals surface area contributed by atoms with Crippen LogP contribution in [0.5, 0.6) is 0 Å². The van der Waals surface area contributed by atoms with Crippen LogP contribution in [0, 0.1) is 0 Å². The van der Waals surface area contributed by atoms with E-state index in [0.29, 0.717) is 24.9 Å². The van der Waals surface area contributed by atoms with Gasteiger partial charge in [-0.2, -0.15) is 0 Å². The molecule has 1 aliphatic carbocycles. The standard InChI is InChI=1S/C37H44Cl2N6O6/c1-42-17-19-43(20-18-42)22-24-10-12-26(13-11-24)34(47)41-30-14-15-32(46)44-16-4-9-31(45(44)36(30)49)35(48)40-21-27(25-5-2-6-25)23-51-37(50)33-28(38)7-3-8-29(33)39/h3,7-8,10-13,30-31H,2,4-6,9,14-23H2,1H3,(H,40,48)(H,41,47)/t30-,31-/m0/s1. The molecule has 2 aromatic rings. The lowest BCUT2D eigenvalue weighted by Gasteiger charge is -2.43. The Labute approximate surface area is 308 Å². The molecule has 2 N–H and O–H groups in total. The SMILES string of the molecule is CN1CCN(Cc2ccc(C(=O)N[C@H]3CCC(=O)N4CCC[C@@H](C(=O)NCC(COC(=O)c5c(Cl)cccc5Cl)=C5CCC5)N4C3=O)cc2)CC1. The fourth-order valence-corrected chi connectivity index (χ4v) is 7.44. The third kappa shape index (κ3) is 8.74. The maximum absolute atomic E-state index is 14.0. The second-order valence-electron chi connectivity index (χ2n) is 13.7. The van der Waals surface area contributed by atoms with E-state index in [1.807, 2.05) is 12.1 Å². The number of rotatable bonds is 10. The van der Waals surface area contributed by atoms with E-state index in [9.17, 15) is 24.0 Å². The predicted octanol–water partition coefficient (Wildman–Crippen LogP) is 3.82. The first kappa shape index (κ1) is 36.8. The smallest absolute Gasteiger partial charge is 0.341 e. The first-order valence-electron chi connectivity index (χ1n) is 17.6. The Morgan fingerprint density at radius 1 is 0.882 bits per heavy atom. The van der Waals surface area contributed by atoms with Crippen LogP contribution in [0.15, 0.2) is 53.6 Å². The van der Waals surface area contributed by atoms with Crippen molar-refractivity contribution in [2.45, 2.75) is 63.6 Å². The highest BCUT2D eigenvalue weighted by atomic mass is 35.5. The number of carbonyl (C=O) groups excluding carboxylic acids is 5. The van der Waals surface area contributed by atoms with E-state index in [-0.39, 0.29) is 47.5 Å². The Balaban J connectivity index is 1.08. The summed E-state index contributed by atoms with van der Waals surface area (Å²) in [4.78, 5) is 71.8. The van der Waals surface area contributed by atoms with Crippen molar-refractivity contribution < 1.29 is 28.7 Å². The molecule has 0 bridgehead atoms. The maximum Gasteiger partial charge on any atom is 0.341 e. The van der Waals surface area contributed by atoms with Gasteiger partial charge >= 0.3 is 5.97 Å². The van der Waals surface area contributed by atoms with Crippen molar-refractivity contribution in [3.63, 3.8) is 0 Å². The van der Waals surface area contributed by atoms with Crippen LogP contribution in [0.1, 0.15) is 71.2 Å². The van der Waals surface area contributed by atoms with E-state index in [1.165, 1.54) is 10.0 Å². The lowest BCUT2D eigenvalue weighted by molar-refractivity contribution is -0.175. The van der Waals surface area contributed by atoms with Crippen molar-refractivity contribution >= 4 is 52.8 Å². The number of ether oxygens (including phenoxy) is 1. The maximum atomic E-state index is 14.0. The average molecular weight is 740 g/mol. The van der Waals surface area contributed by atoms with Crippen molar-refractivity contribution in [1.29, 1.82) is 0 Å². The highest BCUT2D eigenvalue weighted by molar-refractivity contribution is 6.39. The molecule has 4 aliphatic rings. The summed E-state index contributed by atoms with van der Waals surface area (Å²) in [6, 6.07) is 10.2. The molecule has 3 saturated heterocycles. The summed E-state index contributed by atoms with van der Waals surface area (Å²) in [5, 5.41) is 8.74. The number of hydrazine groups is 1. The molecule has 0 unspecified atom stereocenters. The van der Waals surface area contributed by atoms with E-state index in [2.05, 4.69) is 27.5 Å². The molecule has 6 rings (SSSR count). The number of halogens is 2. The second-order valence-corrected chi connectivity index (χ2v) is 14.5. The lowest BCUT2D eigenvalue weighted by Crippen LogP contribution is -2.63. The third-order valence-corrected chi connectivity index (χ3v) is 10.8. The number of esters is 1. The van der Waals surface area contributed by atoms with Gasteiger partial charge in [-0.3, -0.25) is 29.1 Å². The van der Waals surface area contributed by atoms with Gasteiger partial charge in [-0.05, 0) is 81.0 Å². The van der Waals surface area contributed by atoms with Crippen molar-refractivity contribution in [3.8, 4) is 0 Å². The second kappa shape index (κ2) is 16.6. The van der Waals surface area contributed by atoms with Crippen LogP contribution in [0.25, 0.3) is 0 Å². The molecule has 0 spiro atoms. The van der Waals surface area contributed by atoms with Crippen molar-refractivity contribution in [2.24, 2.45) is 0 Å². The molecule has 272 valence electrons. The molecular formula is C37H44Cl2N6O6. The molecule has 3 heterocycles. The van der Waals surface area contributed by atoms with Gasteiger partial charge in [-0.1, -0.05) is 47.0 Å². The summed E-state index contributed by atoms with van der Waals surface area (Å²) in [6.45, 7) is 5.17. The minimum atomic E-state index is -0.978. The van der Waals surface area contributed by atoms with Crippen LogP contribution in [0.3, 0.4) is 0 Å². The number of hydrogen-bond donors (Lipinski definition) is 2. The number of allylic oxidation sites excluding steroid dienone is 1. The van der Waals surface area contributed by atoms with Gasteiger partial charge in [0.25, 0.3) is 11.8 Å². The largest absolute Gasteiger partial charge is 0.457 e. The number of amides is 4. The predicted molar refractivity (Wildman–Crippen MR) is 192 cm³/mol. The molecule has 2 atom stereocenters. The zero-order valence-electron chi connectivity index (χ0n) is 28.8. The van der Waals surface area contributed by atoms with Gasteiger partial charge in [-0.25, -0.2) is 9.80 Å². The molecular weight excluding hydrogens is 695 g/mol. The molecule has 0 radical (unpaired) electrons. The fraction of sp³-hybridized carbons (Fsp3) is 0.486. The summed E-state index contributed by atoms with van der Waals surface area (Å²) < 4.78 is 5.57. The minimum Gasteiger partial charge on any atom is -0.457 e. The van der Waals surface area contributed by atoms with Gasteiger partial charge in [0.15, 0.2) is 0 Å². The molecule has 51 heavy (non-hydrogen) atoms. The third-order valence-electron chi connectivity index (χ3n) is 10.2. The van der Waals surface area contributed by atoms with Crippen LogP contribution in [-0.2, 0) is 25.7 Å². The molecule has 14 heteroatoms. The molecule has 2 aromatic carbocycles. The molecule has 1 saturated carbocycles. The van der Waals surface area contributed by atoms with E-state index in [4.69, 9.17) is 27.9 Å². The highest BCUT2D eigenvalue weighted by Crippen LogP contribution is 2.30. The van der Waals surface area contributed by atoms with E-state index in [1.54, 1.807) is 30.3 Å². The zero-order valence-corrected chi connectivity index (χ0v) is 30.3. The number of nitrogens with zero attached hydrogens (tertiary/aromatic N) is 4. The lowest BCUT2D eigenvalue weighted by atomic mass is 9.88. The summed E-state index contributed by atoms with van der Waals surface area (Å²) >= 11 is 12.4. The summed E-state index contributed by atoms with van der Waals surface area (Å²) in [6.07, 6.45) is 3.72. The first-order chi connectivity index (χ1) is 24.6. The number of fused-ring (bicyclic) bond motifs is 1. The number of carbonyl (C=O) groups is 5. The molecule has 4 amide bonds. The molecule has 12 nitrogen and oxygen atoms in total. The van der Waals surface area contributed by atoms with E-state index >= 15 is 0 Å². The zero-order chi connectivity index (χ0) is 36.1. The van der Waals surface area contributed by atoms with E-state index in [0.717, 1.165) is 68.7 Å². The quantitative estimate of drug-likeness (QED) is 0.278. The number of hydrogen-bond acceptors (Lipinski definition) is 8. The van der Waals surface area contributed by atoms with Gasteiger partial charge < -0.3 is 20.3 Å². The number of likely N-dealkylation sites (N-methyl/N-ethyl adjacent to an activating group) is 1. The van der Waals surface area contributed by atoms with Gasteiger partial charge in [0.1, 0.15) is 18.7 Å². The van der Waals surface area contributed by atoms with Crippen molar-refractivity contribution in [2.75, 3.05) is 52.9 Å². The molecule has 3 aliphatic heterocycles. The number of nitrogens with one attached hydrogen (secondary N) is 2. The monoisotopic (exact) mass is 738 g/mol. The normalized spacial score (nSPS) is 21.4. The average Bonchev–Trinajstić information content (AvgIpc) is 3.21. The van der Waals surface area contributed by atoms with E-state index < -0.39 is 35.8 Å². The Hall–Kier alpha value is -3.97. The van der Waals surface area contributed by atoms with Gasteiger partial charge in [0.05, 0.1) is 15.6 Å². The van der Waals surface area contributed by atoms with Gasteiger partial charge in [0, 0.05) is 57.8 Å². The van der Waals surface area contributed by atoms with Crippen LogP contribution in [-0.4, -0.2) is 114 Å². The topological polar surface area (TPSA) is 132 Å². The van der Waals surface area contributed by atoms with Crippen molar-refractivity contribution in [1.82, 2.24) is 30.5 Å². The van der Waals surface area contributed by atoms with Crippen LogP contribution in [0.4, 0.5) is 0 Å². The Morgan fingerprint density at radius 3 is 2.25 bits per heavy atom. The van der Waals surface area contributed by atoms with Gasteiger partial charge in [-0.15, -0.1) is 0 Å².